The molecular weight excluding hydrogens is 306 g/mol. The summed E-state index contributed by atoms with van der Waals surface area (Å²) in [5.74, 6) is -0.608. The lowest BCUT2D eigenvalue weighted by Gasteiger charge is -2.05. The molecule has 1 heterocycles. The molecule has 1 rings (SSSR count). The van der Waals surface area contributed by atoms with Gasteiger partial charge in [-0.2, -0.15) is 0 Å². The van der Waals surface area contributed by atoms with E-state index in [2.05, 4.69) is 15.6 Å². The largest absolute Gasteiger partial charge is 0.450 e. The zero-order chi connectivity index (χ0) is 16.5. The van der Waals surface area contributed by atoms with Crippen molar-refractivity contribution in [2.45, 2.75) is 33.6 Å². The fourth-order valence-electron chi connectivity index (χ4n) is 1.31. The molecular formula is C14H21N3O4S. The average Bonchev–Trinajstić information content (AvgIpc) is 2.93. The zero-order valence-electron chi connectivity index (χ0n) is 13.0. The first kappa shape index (κ1) is 18.1. The summed E-state index contributed by atoms with van der Waals surface area (Å²) >= 11 is 1.08. The first-order chi connectivity index (χ1) is 10.4. The van der Waals surface area contributed by atoms with Crippen LogP contribution in [0.3, 0.4) is 0 Å². The van der Waals surface area contributed by atoms with E-state index in [-0.39, 0.29) is 24.2 Å². The summed E-state index contributed by atoms with van der Waals surface area (Å²) in [5.41, 5.74) is 0. The number of ether oxygens (including phenoxy) is 1. The van der Waals surface area contributed by atoms with E-state index < -0.39 is 6.09 Å². The third-order valence-corrected chi connectivity index (χ3v) is 3.61. The summed E-state index contributed by atoms with van der Waals surface area (Å²) in [5, 5.41) is 5.38. The minimum atomic E-state index is -0.611. The number of hydrogen-bond acceptors (Lipinski definition) is 6. The Kier molecular flexibility index (Phi) is 7.51. The van der Waals surface area contributed by atoms with Gasteiger partial charge >= 0.3 is 6.09 Å². The smallest absolute Gasteiger partial charge is 0.407 e. The Hall–Kier alpha value is -1.96. The second kappa shape index (κ2) is 9.14. The predicted molar refractivity (Wildman–Crippen MR) is 84.2 cm³/mol. The summed E-state index contributed by atoms with van der Waals surface area (Å²) in [7, 11) is 0. The van der Waals surface area contributed by atoms with Gasteiger partial charge in [0.2, 0.25) is 5.91 Å². The molecule has 0 radical (unpaired) electrons. The number of unbranched alkanes of at least 4 members (excludes halogenated alkanes) is 1. The first-order valence-electron chi connectivity index (χ1n) is 7.14. The van der Waals surface area contributed by atoms with Crippen molar-refractivity contribution in [1.29, 1.82) is 0 Å². The van der Waals surface area contributed by atoms with Crippen LogP contribution >= 0.6 is 11.3 Å². The van der Waals surface area contributed by atoms with Gasteiger partial charge in [0.25, 0.3) is 0 Å². The number of thiazole rings is 1. The van der Waals surface area contributed by atoms with E-state index >= 15 is 0 Å². The molecule has 0 aromatic carbocycles. The molecule has 8 heteroatoms. The van der Waals surface area contributed by atoms with Crippen LogP contribution in [0, 0.1) is 5.92 Å². The molecule has 1 aromatic rings. The number of aromatic nitrogens is 1. The van der Waals surface area contributed by atoms with Gasteiger partial charge in [-0.05, 0) is 6.42 Å². The van der Waals surface area contributed by atoms with Crippen LogP contribution in [0.25, 0.3) is 0 Å². The van der Waals surface area contributed by atoms with Gasteiger partial charge in [-0.25, -0.2) is 9.78 Å². The Morgan fingerprint density at radius 1 is 1.36 bits per heavy atom. The number of rotatable bonds is 8. The minimum Gasteiger partial charge on any atom is -0.450 e. The zero-order valence-corrected chi connectivity index (χ0v) is 13.8. The molecule has 0 aliphatic rings. The molecule has 0 spiro atoms. The van der Waals surface area contributed by atoms with Crippen LogP contribution in [0.5, 0.6) is 0 Å². The number of nitrogens with one attached hydrogen (secondary N) is 2. The quantitative estimate of drug-likeness (QED) is 0.564. The number of ketones is 1. The molecule has 0 aliphatic heterocycles. The third-order valence-electron chi connectivity index (χ3n) is 2.66. The van der Waals surface area contributed by atoms with Crippen molar-refractivity contribution >= 4 is 34.3 Å². The van der Waals surface area contributed by atoms with E-state index in [0.717, 1.165) is 24.2 Å². The maximum Gasteiger partial charge on any atom is 0.407 e. The van der Waals surface area contributed by atoms with Gasteiger partial charge < -0.3 is 15.4 Å². The second-order valence-electron chi connectivity index (χ2n) is 4.94. The van der Waals surface area contributed by atoms with Gasteiger partial charge in [-0.15, -0.1) is 0 Å². The summed E-state index contributed by atoms with van der Waals surface area (Å²) in [6.45, 7) is 5.70. The van der Waals surface area contributed by atoms with Crippen molar-refractivity contribution in [1.82, 2.24) is 10.3 Å². The summed E-state index contributed by atoms with van der Waals surface area (Å²) in [4.78, 5) is 39.1. The number of alkyl carbamates (subject to hydrolysis) is 1. The molecule has 22 heavy (non-hydrogen) atoms. The summed E-state index contributed by atoms with van der Waals surface area (Å²) in [6, 6.07) is 0. The van der Waals surface area contributed by atoms with Crippen molar-refractivity contribution in [3.05, 3.63) is 11.1 Å². The lowest BCUT2D eigenvalue weighted by atomic mass is 10.2. The molecule has 7 nitrogen and oxygen atoms in total. The highest BCUT2D eigenvalue weighted by atomic mass is 32.1. The van der Waals surface area contributed by atoms with Crippen LogP contribution in [0.15, 0.2) is 6.20 Å². The molecule has 0 aliphatic carbocycles. The number of carbonyl (C=O) groups excluding carboxylic acids is 3. The molecule has 0 saturated heterocycles. The van der Waals surface area contributed by atoms with Crippen LogP contribution in [0.2, 0.25) is 0 Å². The number of hydrogen-bond donors (Lipinski definition) is 2. The van der Waals surface area contributed by atoms with Crippen molar-refractivity contribution in [3.63, 3.8) is 0 Å². The second-order valence-corrected chi connectivity index (χ2v) is 5.97. The fraction of sp³-hybridized carbons (Fsp3) is 0.571. The Labute approximate surface area is 133 Å². The Balaban J connectivity index is 2.41. The van der Waals surface area contributed by atoms with E-state index in [1.807, 2.05) is 6.92 Å². The van der Waals surface area contributed by atoms with Crippen molar-refractivity contribution in [2.24, 2.45) is 5.92 Å². The Morgan fingerprint density at radius 3 is 2.73 bits per heavy atom. The molecule has 0 unspecified atom stereocenters. The minimum absolute atomic E-state index is 0.161. The lowest BCUT2D eigenvalue weighted by Crippen LogP contribution is -2.30. The number of nitrogens with zero attached hydrogens (tertiary/aromatic N) is 1. The van der Waals surface area contributed by atoms with Crippen LogP contribution in [-0.4, -0.2) is 35.9 Å². The highest BCUT2D eigenvalue weighted by Crippen LogP contribution is 2.19. The summed E-state index contributed by atoms with van der Waals surface area (Å²) < 4.78 is 4.88. The van der Waals surface area contributed by atoms with Crippen molar-refractivity contribution in [2.75, 3.05) is 18.5 Å². The maximum atomic E-state index is 11.9. The first-order valence-corrected chi connectivity index (χ1v) is 7.96. The highest BCUT2D eigenvalue weighted by Gasteiger charge is 2.14. The fourth-order valence-corrected chi connectivity index (χ4v) is 2.07. The standard InChI is InChI=1S/C14H21N3O4S/c1-4-5-6-21-14(20)16-7-10(18)11-8-15-13(22-11)17-12(19)9(2)3/h8-9H,4-7H2,1-3H3,(H,16,20)(H,15,17,19). The van der Waals surface area contributed by atoms with Gasteiger partial charge in [0, 0.05) is 5.92 Å². The molecule has 122 valence electrons. The number of carbonyl (C=O) groups is 3. The Morgan fingerprint density at radius 2 is 2.09 bits per heavy atom. The average molecular weight is 327 g/mol. The third kappa shape index (κ3) is 6.21. The monoisotopic (exact) mass is 327 g/mol. The van der Waals surface area contributed by atoms with Crippen LogP contribution < -0.4 is 10.6 Å². The van der Waals surface area contributed by atoms with Crippen LogP contribution in [0.1, 0.15) is 43.3 Å². The van der Waals surface area contributed by atoms with Gasteiger partial charge in [0.05, 0.1) is 24.2 Å². The van der Waals surface area contributed by atoms with Gasteiger partial charge in [0.1, 0.15) is 0 Å². The summed E-state index contributed by atoms with van der Waals surface area (Å²) in [6.07, 6.45) is 2.49. The molecule has 0 bridgehead atoms. The SMILES string of the molecule is CCCCOC(=O)NCC(=O)c1cnc(NC(=O)C(C)C)s1. The van der Waals surface area contributed by atoms with E-state index in [1.54, 1.807) is 13.8 Å². The Bertz CT molecular complexity index is 528. The molecule has 2 N–H and O–H groups in total. The molecule has 0 atom stereocenters. The van der Waals surface area contributed by atoms with E-state index in [4.69, 9.17) is 4.74 Å². The lowest BCUT2D eigenvalue weighted by molar-refractivity contribution is -0.118. The van der Waals surface area contributed by atoms with Crippen molar-refractivity contribution < 1.29 is 19.1 Å². The van der Waals surface area contributed by atoms with E-state index in [1.165, 1.54) is 6.20 Å². The topological polar surface area (TPSA) is 97.4 Å². The number of anilines is 1. The normalized spacial score (nSPS) is 10.4. The highest BCUT2D eigenvalue weighted by molar-refractivity contribution is 7.17. The van der Waals surface area contributed by atoms with Crippen LogP contribution in [0.4, 0.5) is 9.93 Å². The molecule has 2 amide bonds. The molecule has 0 saturated carbocycles. The van der Waals surface area contributed by atoms with Gasteiger partial charge in [-0.3, -0.25) is 9.59 Å². The van der Waals surface area contributed by atoms with Gasteiger partial charge in [-0.1, -0.05) is 38.5 Å². The predicted octanol–water partition coefficient (Wildman–Crippen LogP) is 2.45. The molecule has 0 fully saturated rings. The van der Waals surface area contributed by atoms with E-state index in [0.29, 0.717) is 16.6 Å². The maximum absolute atomic E-state index is 11.9. The van der Waals surface area contributed by atoms with Gasteiger partial charge in [0.15, 0.2) is 10.9 Å². The molecule has 1 aromatic heterocycles. The number of Topliss-reactive ketones (excluding diaryl/α,β-unsaturated/α-hetero) is 1. The van der Waals surface area contributed by atoms with Crippen molar-refractivity contribution in [3.8, 4) is 0 Å². The van der Waals surface area contributed by atoms with E-state index in [9.17, 15) is 14.4 Å². The van der Waals surface area contributed by atoms with Crippen LogP contribution in [-0.2, 0) is 9.53 Å². The number of amides is 2.